The summed E-state index contributed by atoms with van der Waals surface area (Å²) in [4.78, 5) is 10.8. The largest absolute Gasteiger partial charge is 0.335 e. The van der Waals surface area contributed by atoms with Gasteiger partial charge in [0, 0.05) is 9.95 Å². The standard InChI is InChI=1S/C14H20ClNO3Si/c1-20(2,3)14(17,16(18)19)9-12-8-11(10-4-5-10)6-7-13(12)15/h6-8,10,17H,4-5,9H2,1-3H3. The SMILES string of the molecule is C[Si](C)(C)C(O)(Cc1cc(C2CC2)ccc1Cl)[N+](=O)[O-]. The molecule has 1 unspecified atom stereocenters. The molecule has 1 saturated carbocycles. The van der Waals surface area contributed by atoms with Crippen molar-refractivity contribution in [3.63, 3.8) is 0 Å². The molecular formula is C14H20ClNO3Si. The lowest BCUT2D eigenvalue weighted by Gasteiger charge is -2.30. The van der Waals surface area contributed by atoms with Gasteiger partial charge in [-0.3, -0.25) is 10.1 Å². The molecule has 1 N–H and O–H groups in total. The van der Waals surface area contributed by atoms with Gasteiger partial charge in [-0.25, -0.2) is 0 Å². The zero-order valence-electron chi connectivity index (χ0n) is 12.0. The quantitative estimate of drug-likeness (QED) is 0.391. The number of benzene rings is 1. The van der Waals surface area contributed by atoms with Crippen LogP contribution < -0.4 is 0 Å². The van der Waals surface area contributed by atoms with E-state index >= 15 is 0 Å². The molecule has 1 aromatic rings. The normalized spacial score (nSPS) is 18.6. The molecule has 1 aliphatic rings. The maximum atomic E-state index is 11.4. The summed E-state index contributed by atoms with van der Waals surface area (Å²) in [5.74, 6) is 0.557. The van der Waals surface area contributed by atoms with Crippen molar-refractivity contribution in [1.82, 2.24) is 0 Å². The van der Waals surface area contributed by atoms with Gasteiger partial charge in [-0.05, 0) is 36.0 Å². The second-order valence-corrected chi connectivity index (χ2v) is 12.3. The second kappa shape index (κ2) is 5.13. The van der Waals surface area contributed by atoms with E-state index < -0.39 is 18.3 Å². The van der Waals surface area contributed by atoms with Gasteiger partial charge in [0.05, 0.1) is 6.42 Å². The van der Waals surface area contributed by atoms with Gasteiger partial charge in [-0.15, -0.1) is 0 Å². The van der Waals surface area contributed by atoms with Crippen molar-refractivity contribution in [2.75, 3.05) is 0 Å². The molecule has 1 fully saturated rings. The molecule has 0 aromatic heterocycles. The Morgan fingerprint density at radius 3 is 2.50 bits per heavy atom. The highest BCUT2D eigenvalue weighted by molar-refractivity contribution is 6.78. The van der Waals surface area contributed by atoms with Gasteiger partial charge in [0.2, 0.25) is 0 Å². The second-order valence-electron chi connectivity index (χ2n) is 6.63. The third-order valence-electron chi connectivity index (χ3n) is 4.06. The molecule has 2 rings (SSSR count). The number of hydrogen-bond donors (Lipinski definition) is 1. The van der Waals surface area contributed by atoms with Crippen molar-refractivity contribution >= 4 is 19.7 Å². The number of rotatable bonds is 5. The Kier molecular flexibility index (Phi) is 3.97. The minimum atomic E-state index is -2.41. The van der Waals surface area contributed by atoms with Crippen LogP contribution in [0.3, 0.4) is 0 Å². The lowest BCUT2D eigenvalue weighted by Crippen LogP contribution is -2.59. The van der Waals surface area contributed by atoms with E-state index in [0.29, 0.717) is 16.5 Å². The Bertz CT molecular complexity index is 540. The molecular weight excluding hydrogens is 294 g/mol. The molecule has 1 aliphatic carbocycles. The summed E-state index contributed by atoms with van der Waals surface area (Å²) >= 11 is 6.16. The van der Waals surface area contributed by atoms with Crippen LogP contribution in [0.15, 0.2) is 18.2 Å². The Balaban J connectivity index is 2.36. The van der Waals surface area contributed by atoms with Crippen LogP contribution in [0.1, 0.15) is 29.9 Å². The van der Waals surface area contributed by atoms with Gasteiger partial charge in [-0.1, -0.05) is 43.4 Å². The summed E-state index contributed by atoms with van der Waals surface area (Å²) in [6, 6.07) is 5.69. The molecule has 0 spiro atoms. The van der Waals surface area contributed by atoms with Crippen LogP contribution in [-0.4, -0.2) is 23.5 Å². The molecule has 110 valence electrons. The van der Waals surface area contributed by atoms with E-state index in [-0.39, 0.29) is 6.42 Å². The molecule has 1 atom stereocenters. The van der Waals surface area contributed by atoms with Gasteiger partial charge in [0.25, 0.3) is 5.35 Å². The first-order valence-electron chi connectivity index (χ1n) is 6.80. The fourth-order valence-corrected chi connectivity index (χ4v) is 3.72. The molecule has 0 saturated heterocycles. The minimum absolute atomic E-state index is 0.0187. The Labute approximate surface area is 124 Å². The number of nitro groups is 1. The molecule has 0 aliphatic heterocycles. The van der Waals surface area contributed by atoms with Gasteiger partial charge >= 0.3 is 0 Å². The van der Waals surface area contributed by atoms with Crippen LogP contribution in [0.5, 0.6) is 0 Å². The third-order valence-corrected chi connectivity index (χ3v) is 7.19. The smallest absolute Gasteiger partial charge is 0.298 e. The van der Waals surface area contributed by atoms with E-state index in [2.05, 4.69) is 0 Å². The van der Waals surface area contributed by atoms with Crippen LogP contribution in [0.25, 0.3) is 0 Å². The van der Waals surface area contributed by atoms with Crippen LogP contribution in [-0.2, 0) is 6.42 Å². The Morgan fingerprint density at radius 1 is 1.45 bits per heavy atom. The molecule has 0 radical (unpaired) electrons. The van der Waals surface area contributed by atoms with Crippen LogP contribution >= 0.6 is 11.6 Å². The molecule has 1 aromatic carbocycles. The molecule has 0 amide bonds. The highest BCUT2D eigenvalue weighted by Gasteiger charge is 2.53. The van der Waals surface area contributed by atoms with Crippen molar-refractivity contribution < 1.29 is 10.0 Å². The first-order chi connectivity index (χ1) is 9.15. The summed E-state index contributed by atoms with van der Waals surface area (Å²) in [6.07, 6.45) is 2.30. The fourth-order valence-electron chi connectivity index (χ4n) is 2.27. The maximum Gasteiger partial charge on any atom is 0.298 e. The topological polar surface area (TPSA) is 63.4 Å². The summed E-state index contributed by atoms with van der Waals surface area (Å²) < 4.78 is 0. The predicted octanol–water partition coefficient (Wildman–Crippen LogP) is 3.60. The summed E-state index contributed by atoms with van der Waals surface area (Å²) in [5, 5.41) is 20.5. The Hall–Kier alpha value is -0.913. The lowest BCUT2D eigenvalue weighted by atomic mass is 10.0. The number of hydrogen-bond acceptors (Lipinski definition) is 3. The Morgan fingerprint density at radius 2 is 2.05 bits per heavy atom. The fraction of sp³-hybridized carbons (Fsp3) is 0.571. The van der Waals surface area contributed by atoms with E-state index in [9.17, 15) is 15.2 Å². The highest BCUT2D eigenvalue weighted by Crippen LogP contribution is 2.41. The average molecular weight is 314 g/mol. The van der Waals surface area contributed by atoms with Gasteiger partial charge in [0.1, 0.15) is 0 Å². The van der Waals surface area contributed by atoms with Gasteiger partial charge in [0.15, 0.2) is 8.07 Å². The van der Waals surface area contributed by atoms with Crippen molar-refractivity contribution in [2.45, 2.75) is 50.2 Å². The number of nitrogens with zero attached hydrogens (tertiary/aromatic N) is 1. The van der Waals surface area contributed by atoms with Crippen LogP contribution in [0.4, 0.5) is 0 Å². The molecule has 4 nitrogen and oxygen atoms in total. The summed E-state index contributed by atoms with van der Waals surface area (Å²) in [6.45, 7) is 5.40. The third kappa shape index (κ3) is 2.89. The van der Waals surface area contributed by atoms with Crippen molar-refractivity contribution in [3.05, 3.63) is 44.5 Å². The van der Waals surface area contributed by atoms with E-state index in [0.717, 1.165) is 12.8 Å². The van der Waals surface area contributed by atoms with Crippen LogP contribution in [0.2, 0.25) is 24.7 Å². The molecule has 20 heavy (non-hydrogen) atoms. The van der Waals surface area contributed by atoms with Gasteiger partial charge < -0.3 is 5.11 Å². The first-order valence-corrected chi connectivity index (χ1v) is 10.7. The van der Waals surface area contributed by atoms with E-state index in [4.69, 9.17) is 11.6 Å². The maximum absolute atomic E-state index is 11.4. The monoisotopic (exact) mass is 313 g/mol. The predicted molar refractivity (Wildman–Crippen MR) is 82.4 cm³/mol. The zero-order chi connectivity index (χ0) is 15.1. The van der Waals surface area contributed by atoms with Crippen LogP contribution in [0, 0.1) is 10.1 Å². The van der Waals surface area contributed by atoms with E-state index in [1.807, 2.05) is 12.1 Å². The molecule has 0 heterocycles. The first kappa shape index (κ1) is 15.5. The summed E-state index contributed by atoms with van der Waals surface area (Å²) in [7, 11) is -2.41. The van der Waals surface area contributed by atoms with Gasteiger partial charge in [-0.2, -0.15) is 0 Å². The van der Waals surface area contributed by atoms with E-state index in [1.54, 1.807) is 25.7 Å². The zero-order valence-corrected chi connectivity index (χ0v) is 13.8. The lowest BCUT2D eigenvalue weighted by molar-refractivity contribution is -0.596. The number of halogens is 1. The average Bonchev–Trinajstić information content (AvgIpc) is 3.14. The van der Waals surface area contributed by atoms with Crippen molar-refractivity contribution in [1.29, 1.82) is 0 Å². The van der Waals surface area contributed by atoms with Crippen molar-refractivity contribution in [2.24, 2.45) is 0 Å². The molecule has 0 bridgehead atoms. The minimum Gasteiger partial charge on any atom is -0.335 e. The van der Waals surface area contributed by atoms with Crippen molar-refractivity contribution in [3.8, 4) is 0 Å². The molecule has 6 heteroatoms. The summed E-state index contributed by atoms with van der Waals surface area (Å²) in [5.41, 5.74) is 1.85. The highest BCUT2D eigenvalue weighted by atomic mass is 35.5. The number of aliphatic hydroxyl groups is 1. The van der Waals surface area contributed by atoms with E-state index in [1.165, 1.54) is 5.56 Å².